The molecule has 0 aliphatic carbocycles. The molecule has 1 aromatic heterocycles. The first kappa shape index (κ1) is 11.1. The predicted octanol–water partition coefficient (Wildman–Crippen LogP) is 1.54. The van der Waals surface area contributed by atoms with Gasteiger partial charge in [0.05, 0.1) is 6.20 Å². The molecule has 0 spiro atoms. The van der Waals surface area contributed by atoms with Crippen molar-refractivity contribution in [3.05, 3.63) is 63.3 Å². The summed E-state index contributed by atoms with van der Waals surface area (Å²) in [6, 6.07) is 9.80. The van der Waals surface area contributed by atoms with Gasteiger partial charge in [-0.3, -0.25) is 4.79 Å². The fraction of sp³-hybridized carbons (Fsp3) is 0.154. The molecule has 0 aliphatic heterocycles. The smallest absolute Gasteiger partial charge is 0.268 e. The number of nitriles is 1. The molecule has 1 heterocycles. The molecule has 4 heteroatoms. The topological polar surface area (TPSA) is 69.5 Å². The van der Waals surface area contributed by atoms with E-state index in [1.54, 1.807) is 6.07 Å². The first-order valence-corrected chi connectivity index (χ1v) is 5.23. The lowest BCUT2D eigenvalue weighted by molar-refractivity contribution is 0.939. The fourth-order valence-electron chi connectivity index (χ4n) is 1.50. The molecule has 0 fully saturated rings. The van der Waals surface area contributed by atoms with Crippen LogP contribution >= 0.6 is 0 Å². The third-order valence-electron chi connectivity index (χ3n) is 2.46. The Morgan fingerprint density at radius 1 is 1.35 bits per heavy atom. The van der Waals surface area contributed by atoms with Crippen LogP contribution in [0.2, 0.25) is 0 Å². The number of aromatic amines is 1. The average molecular weight is 225 g/mol. The Labute approximate surface area is 98.6 Å². The Balaban J connectivity index is 2.25. The Morgan fingerprint density at radius 3 is 2.65 bits per heavy atom. The molecule has 0 radical (unpaired) electrons. The first-order chi connectivity index (χ1) is 8.19. The van der Waals surface area contributed by atoms with Crippen LogP contribution in [0.15, 0.2) is 35.3 Å². The van der Waals surface area contributed by atoms with Gasteiger partial charge in [-0.05, 0) is 12.5 Å². The van der Waals surface area contributed by atoms with Crippen LogP contribution in [0.25, 0.3) is 0 Å². The molecular weight excluding hydrogens is 214 g/mol. The van der Waals surface area contributed by atoms with Gasteiger partial charge in [-0.2, -0.15) is 5.26 Å². The Bertz CT molecular complexity index is 620. The zero-order valence-electron chi connectivity index (χ0n) is 9.40. The van der Waals surface area contributed by atoms with Gasteiger partial charge in [0.15, 0.2) is 0 Å². The maximum Gasteiger partial charge on any atom is 0.268 e. The molecule has 0 amide bonds. The largest absolute Gasteiger partial charge is 0.309 e. The lowest BCUT2D eigenvalue weighted by Crippen LogP contribution is -2.14. The summed E-state index contributed by atoms with van der Waals surface area (Å²) in [5, 5.41) is 8.62. The highest BCUT2D eigenvalue weighted by Crippen LogP contribution is 2.06. The summed E-state index contributed by atoms with van der Waals surface area (Å²) in [6.07, 6.45) is 1.86. The molecule has 2 rings (SSSR count). The van der Waals surface area contributed by atoms with Crippen molar-refractivity contribution in [3.63, 3.8) is 0 Å². The quantitative estimate of drug-likeness (QED) is 0.842. The number of nitrogens with one attached hydrogen (secondary N) is 1. The second kappa shape index (κ2) is 4.62. The summed E-state index contributed by atoms with van der Waals surface area (Å²) >= 11 is 0. The zero-order chi connectivity index (χ0) is 12.3. The van der Waals surface area contributed by atoms with Crippen molar-refractivity contribution < 1.29 is 0 Å². The number of hydrogen-bond donors (Lipinski definition) is 1. The van der Waals surface area contributed by atoms with Crippen LogP contribution in [0.4, 0.5) is 0 Å². The molecule has 0 saturated carbocycles. The van der Waals surface area contributed by atoms with Gasteiger partial charge in [0.1, 0.15) is 17.5 Å². The van der Waals surface area contributed by atoms with E-state index >= 15 is 0 Å². The summed E-state index contributed by atoms with van der Waals surface area (Å²) in [5.74, 6) is 0.567. The van der Waals surface area contributed by atoms with E-state index < -0.39 is 0 Å². The van der Waals surface area contributed by atoms with Crippen molar-refractivity contribution in [2.24, 2.45) is 0 Å². The van der Waals surface area contributed by atoms with Gasteiger partial charge < -0.3 is 4.98 Å². The summed E-state index contributed by atoms with van der Waals surface area (Å²) in [5.41, 5.74) is 1.92. The van der Waals surface area contributed by atoms with Gasteiger partial charge >= 0.3 is 0 Å². The SMILES string of the molecule is Cc1ccc(Cc2ncc(C#N)c(=O)[nH]2)cc1. The summed E-state index contributed by atoms with van der Waals surface area (Å²) in [4.78, 5) is 18.0. The molecule has 84 valence electrons. The molecular formula is C13H11N3O. The summed E-state index contributed by atoms with van der Waals surface area (Å²) < 4.78 is 0. The third-order valence-corrected chi connectivity index (χ3v) is 2.46. The number of aryl methyl sites for hydroxylation is 1. The van der Waals surface area contributed by atoms with Crippen molar-refractivity contribution in [2.45, 2.75) is 13.3 Å². The number of aromatic nitrogens is 2. The van der Waals surface area contributed by atoms with Crippen LogP contribution in [0.5, 0.6) is 0 Å². The van der Waals surface area contributed by atoms with Crippen molar-refractivity contribution in [2.75, 3.05) is 0 Å². The van der Waals surface area contributed by atoms with E-state index in [2.05, 4.69) is 9.97 Å². The number of nitrogens with zero attached hydrogens (tertiary/aromatic N) is 2. The normalized spacial score (nSPS) is 9.88. The van der Waals surface area contributed by atoms with E-state index in [4.69, 9.17) is 5.26 Å². The highest BCUT2D eigenvalue weighted by Gasteiger charge is 2.02. The van der Waals surface area contributed by atoms with Gasteiger partial charge in [-0.15, -0.1) is 0 Å². The number of hydrogen-bond acceptors (Lipinski definition) is 3. The summed E-state index contributed by atoms with van der Waals surface area (Å²) in [7, 11) is 0. The maximum atomic E-state index is 11.4. The zero-order valence-corrected chi connectivity index (χ0v) is 9.40. The number of H-pyrrole nitrogens is 1. The van der Waals surface area contributed by atoms with Gasteiger partial charge in [-0.1, -0.05) is 29.8 Å². The van der Waals surface area contributed by atoms with E-state index in [-0.39, 0.29) is 11.1 Å². The van der Waals surface area contributed by atoms with Crippen molar-refractivity contribution in [1.29, 1.82) is 5.26 Å². The molecule has 17 heavy (non-hydrogen) atoms. The van der Waals surface area contributed by atoms with Crippen LogP contribution in [0.3, 0.4) is 0 Å². The van der Waals surface area contributed by atoms with E-state index in [9.17, 15) is 4.79 Å². The lowest BCUT2D eigenvalue weighted by Gasteiger charge is -2.01. The Morgan fingerprint density at radius 2 is 2.06 bits per heavy atom. The van der Waals surface area contributed by atoms with Gasteiger partial charge in [-0.25, -0.2) is 4.98 Å². The molecule has 4 nitrogen and oxygen atoms in total. The minimum Gasteiger partial charge on any atom is -0.309 e. The molecule has 0 bridgehead atoms. The number of benzene rings is 1. The van der Waals surface area contributed by atoms with E-state index in [1.165, 1.54) is 11.8 Å². The standard InChI is InChI=1S/C13H11N3O/c1-9-2-4-10(5-3-9)6-12-15-8-11(7-14)13(17)16-12/h2-5,8H,6H2,1H3,(H,15,16,17). The van der Waals surface area contributed by atoms with E-state index in [0.717, 1.165) is 5.56 Å². The van der Waals surface area contributed by atoms with Gasteiger partial charge in [0, 0.05) is 6.42 Å². The highest BCUT2D eigenvalue weighted by molar-refractivity contribution is 5.26. The predicted molar refractivity (Wildman–Crippen MR) is 63.6 cm³/mol. The van der Waals surface area contributed by atoms with Crippen LogP contribution in [0, 0.1) is 18.3 Å². The molecule has 1 aromatic carbocycles. The molecule has 0 aliphatic rings. The van der Waals surface area contributed by atoms with E-state index in [0.29, 0.717) is 12.2 Å². The average Bonchev–Trinajstić information content (AvgIpc) is 2.32. The Kier molecular flexibility index (Phi) is 3.01. The molecule has 0 unspecified atom stereocenters. The van der Waals surface area contributed by atoms with Crippen molar-refractivity contribution in [3.8, 4) is 6.07 Å². The van der Waals surface area contributed by atoms with Crippen LogP contribution < -0.4 is 5.56 Å². The molecule has 2 aromatic rings. The first-order valence-electron chi connectivity index (χ1n) is 5.23. The minimum atomic E-state index is -0.385. The van der Waals surface area contributed by atoms with Gasteiger partial charge in [0.25, 0.3) is 5.56 Å². The van der Waals surface area contributed by atoms with Crippen molar-refractivity contribution >= 4 is 0 Å². The second-order valence-electron chi connectivity index (χ2n) is 3.85. The number of rotatable bonds is 2. The lowest BCUT2D eigenvalue weighted by atomic mass is 10.1. The monoisotopic (exact) mass is 225 g/mol. The van der Waals surface area contributed by atoms with Crippen LogP contribution in [-0.4, -0.2) is 9.97 Å². The molecule has 1 N–H and O–H groups in total. The molecule has 0 saturated heterocycles. The van der Waals surface area contributed by atoms with Crippen LogP contribution in [0.1, 0.15) is 22.5 Å². The third kappa shape index (κ3) is 2.58. The van der Waals surface area contributed by atoms with Gasteiger partial charge in [0.2, 0.25) is 0 Å². The fourth-order valence-corrected chi connectivity index (χ4v) is 1.50. The highest BCUT2D eigenvalue weighted by atomic mass is 16.1. The van der Waals surface area contributed by atoms with E-state index in [1.807, 2.05) is 31.2 Å². The maximum absolute atomic E-state index is 11.4. The second-order valence-corrected chi connectivity index (χ2v) is 3.85. The summed E-state index contributed by atoms with van der Waals surface area (Å²) in [6.45, 7) is 2.02. The molecule has 0 atom stereocenters. The Hall–Kier alpha value is -2.41. The minimum absolute atomic E-state index is 0.0395. The van der Waals surface area contributed by atoms with Crippen LogP contribution in [-0.2, 0) is 6.42 Å². The van der Waals surface area contributed by atoms with Crippen molar-refractivity contribution in [1.82, 2.24) is 9.97 Å².